The molecule has 0 aliphatic carbocycles. The van der Waals surface area contributed by atoms with Crippen LogP contribution in [0, 0.1) is 0 Å². The maximum absolute atomic E-state index is 12.3. The van der Waals surface area contributed by atoms with Crippen LogP contribution in [-0.4, -0.2) is 20.6 Å². The first-order valence-electron chi connectivity index (χ1n) is 5.35. The number of aromatic amines is 1. The van der Waals surface area contributed by atoms with E-state index < -0.39 is 16.9 Å². The van der Waals surface area contributed by atoms with Crippen LogP contribution in [0.2, 0.25) is 5.02 Å². The normalized spacial score (nSPS) is 11.4. The van der Waals surface area contributed by atoms with E-state index in [1.54, 1.807) is 0 Å². The number of hydrogen-bond acceptors (Lipinski definition) is 5. The summed E-state index contributed by atoms with van der Waals surface area (Å²) in [6.07, 6.45) is 0. The Labute approximate surface area is 125 Å². The lowest BCUT2D eigenvalue weighted by molar-refractivity contribution is -0.0328. The van der Waals surface area contributed by atoms with Crippen LogP contribution in [0.5, 0.6) is 5.88 Å². The van der Waals surface area contributed by atoms with Gasteiger partial charge in [0.05, 0.1) is 11.1 Å². The molecule has 2 aromatic rings. The van der Waals surface area contributed by atoms with Gasteiger partial charge in [0.1, 0.15) is 0 Å². The summed E-state index contributed by atoms with van der Waals surface area (Å²) >= 11 is 5.44. The Morgan fingerprint density at radius 3 is 2.62 bits per heavy atom. The van der Waals surface area contributed by atoms with Crippen molar-refractivity contribution in [1.82, 2.24) is 9.97 Å². The summed E-state index contributed by atoms with van der Waals surface area (Å²) in [6, 6.07) is 4.65. The number of aromatic hydroxyl groups is 1. The zero-order valence-electron chi connectivity index (χ0n) is 10.0. The number of rotatable bonds is 3. The molecule has 0 atom stereocenters. The molecule has 0 saturated carbocycles. The summed E-state index contributed by atoms with van der Waals surface area (Å²) in [5.74, 6) is -0.552. The van der Waals surface area contributed by atoms with Crippen LogP contribution < -0.4 is 10.9 Å². The summed E-state index contributed by atoms with van der Waals surface area (Å²) in [7, 11) is 0. The van der Waals surface area contributed by atoms with Crippen molar-refractivity contribution in [3.05, 3.63) is 39.6 Å². The van der Waals surface area contributed by atoms with Crippen LogP contribution in [0.15, 0.2) is 34.0 Å². The molecule has 112 valence electrons. The van der Waals surface area contributed by atoms with Crippen molar-refractivity contribution < 1.29 is 18.3 Å². The first-order valence-corrected chi connectivity index (χ1v) is 6.55. The highest BCUT2D eigenvalue weighted by Crippen LogP contribution is 2.41. The average molecular weight is 338 g/mol. The van der Waals surface area contributed by atoms with Gasteiger partial charge in [0, 0.05) is 10.6 Å². The summed E-state index contributed by atoms with van der Waals surface area (Å²) in [5, 5.41) is 11.7. The van der Waals surface area contributed by atoms with Crippen molar-refractivity contribution in [2.75, 3.05) is 5.32 Å². The van der Waals surface area contributed by atoms with E-state index in [0.29, 0.717) is 5.69 Å². The van der Waals surface area contributed by atoms with Crippen LogP contribution >= 0.6 is 23.4 Å². The fraction of sp³-hybridized carbons (Fsp3) is 0.0909. The number of aromatic nitrogens is 2. The van der Waals surface area contributed by atoms with Crippen molar-refractivity contribution in [2.24, 2.45) is 0 Å². The summed E-state index contributed by atoms with van der Waals surface area (Å²) in [5.41, 5.74) is -4.71. The van der Waals surface area contributed by atoms with Gasteiger partial charge >= 0.3 is 5.51 Å². The molecular weight excluding hydrogens is 331 g/mol. The molecule has 2 rings (SSSR count). The highest BCUT2D eigenvalue weighted by molar-refractivity contribution is 8.00. The zero-order chi connectivity index (χ0) is 15.6. The molecule has 0 bridgehead atoms. The van der Waals surface area contributed by atoms with Crippen molar-refractivity contribution in [3.63, 3.8) is 0 Å². The van der Waals surface area contributed by atoms with Crippen LogP contribution in [0.25, 0.3) is 0 Å². The van der Waals surface area contributed by atoms with E-state index in [2.05, 4.69) is 15.3 Å². The fourth-order valence-corrected chi connectivity index (χ4v) is 2.26. The quantitative estimate of drug-likeness (QED) is 0.747. The Hall–Kier alpha value is -1.87. The highest BCUT2D eigenvalue weighted by atomic mass is 35.5. The van der Waals surface area contributed by atoms with Crippen molar-refractivity contribution in [2.45, 2.75) is 10.4 Å². The standard InChI is InChI=1S/C11H7ClF3N3O2S/c12-6-3-5(1-2-7(6)21-11(13,14)15)16-10-17-8(19)4-9(20)18-10/h1-4H,(H3,16,17,18,19,20). The lowest BCUT2D eigenvalue weighted by Crippen LogP contribution is -2.08. The molecule has 1 aromatic carbocycles. The van der Waals surface area contributed by atoms with E-state index in [1.807, 2.05) is 0 Å². The van der Waals surface area contributed by atoms with Gasteiger partial charge < -0.3 is 10.4 Å². The van der Waals surface area contributed by atoms with Crippen LogP contribution in [0.1, 0.15) is 0 Å². The number of hydrogen-bond donors (Lipinski definition) is 3. The van der Waals surface area contributed by atoms with E-state index in [-0.39, 0.29) is 27.6 Å². The minimum Gasteiger partial charge on any atom is -0.493 e. The Morgan fingerprint density at radius 2 is 2.05 bits per heavy atom. The molecular formula is C11H7ClF3N3O2S. The van der Waals surface area contributed by atoms with Gasteiger partial charge in [0.2, 0.25) is 11.8 Å². The van der Waals surface area contributed by atoms with E-state index in [9.17, 15) is 23.1 Å². The number of halogens is 4. The van der Waals surface area contributed by atoms with E-state index >= 15 is 0 Å². The first-order chi connectivity index (χ1) is 9.73. The maximum Gasteiger partial charge on any atom is 0.446 e. The van der Waals surface area contributed by atoms with Crippen molar-refractivity contribution in [1.29, 1.82) is 0 Å². The number of benzene rings is 1. The minimum absolute atomic E-state index is 0.0627. The van der Waals surface area contributed by atoms with Gasteiger partial charge in [-0.15, -0.1) is 0 Å². The van der Waals surface area contributed by atoms with E-state index in [0.717, 1.165) is 6.07 Å². The maximum atomic E-state index is 12.3. The second-order valence-electron chi connectivity index (χ2n) is 3.77. The van der Waals surface area contributed by atoms with Crippen LogP contribution in [0.4, 0.5) is 24.8 Å². The van der Waals surface area contributed by atoms with Crippen molar-refractivity contribution >= 4 is 35.0 Å². The molecule has 5 nitrogen and oxygen atoms in total. The molecule has 0 saturated heterocycles. The van der Waals surface area contributed by atoms with Gasteiger partial charge in [-0.25, -0.2) is 0 Å². The second kappa shape index (κ2) is 5.86. The van der Waals surface area contributed by atoms with Gasteiger partial charge in [0.15, 0.2) is 0 Å². The molecule has 1 aromatic heterocycles. The lowest BCUT2D eigenvalue weighted by atomic mass is 10.3. The van der Waals surface area contributed by atoms with E-state index in [1.165, 1.54) is 18.2 Å². The van der Waals surface area contributed by atoms with E-state index in [4.69, 9.17) is 11.6 Å². The topological polar surface area (TPSA) is 78.0 Å². The van der Waals surface area contributed by atoms with Crippen LogP contribution in [-0.2, 0) is 0 Å². The molecule has 21 heavy (non-hydrogen) atoms. The summed E-state index contributed by atoms with van der Waals surface area (Å²) in [4.78, 5) is 16.9. The third-order valence-corrected chi connectivity index (χ3v) is 3.38. The largest absolute Gasteiger partial charge is 0.493 e. The molecule has 0 amide bonds. The van der Waals surface area contributed by atoms with Gasteiger partial charge in [-0.3, -0.25) is 9.78 Å². The lowest BCUT2D eigenvalue weighted by Gasteiger charge is -2.10. The first kappa shape index (κ1) is 15.5. The Bertz CT molecular complexity index is 721. The Kier molecular flexibility index (Phi) is 4.33. The molecule has 0 unspecified atom stereocenters. The molecule has 0 fully saturated rings. The number of nitrogens with zero attached hydrogens (tertiary/aromatic N) is 1. The highest BCUT2D eigenvalue weighted by Gasteiger charge is 2.30. The van der Waals surface area contributed by atoms with Gasteiger partial charge in [-0.05, 0) is 30.0 Å². The molecule has 1 heterocycles. The molecule has 0 radical (unpaired) electrons. The monoisotopic (exact) mass is 337 g/mol. The smallest absolute Gasteiger partial charge is 0.446 e. The van der Waals surface area contributed by atoms with Crippen molar-refractivity contribution in [3.8, 4) is 5.88 Å². The number of nitrogens with one attached hydrogen (secondary N) is 2. The number of alkyl halides is 3. The summed E-state index contributed by atoms with van der Waals surface area (Å²) in [6.45, 7) is 0. The van der Waals surface area contributed by atoms with Gasteiger partial charge in [-0.2, -0.15) is 18.2 Å². The number of thioether (sulfide) groups is 1. The molecule has 0 aliphatic rings. The van der Waals surface area contributed by atoms with Crippen LogP contribution in [0.3, 0.4) is 0 Å². The predicted octanol–water partition coefficient (Wildman–Crippen LogP) is 3.48. The molecule has 0 spiro atoms. The van der Waals surface area contributed by atoms with Gasteiger partial charge in [-0.1, -0.05) is 11.6 Å². The Balaban J connectivity index is 2.22. The minimum atomic E-state index is -4.43. The Morgan fingerprint density at radius 1 is 1.33 bits per heavy atom. The third kappa shape index (κ3) is 4.57. The second-order valence-corrected chi connectivity index (χ2v) is 5.28. The molecule has 0 aliphatic heterocycles. The summed E-state index contributed by atoms with van der Waals surface area (Å²) < 4.78 is 36.8. The predicted molar refractivity (Wildman–Crippen MR) is 73.2 cm³/mol. The third-order valence-electron chi connectivity index (χ3n) is 2.15. The zero-order valence-corrected chi connectivity index (χ0v) is 11.6. The fourth-order valence-electron chi connectivity index (χ4n) is 1.43. The molecule has 3 N–H and O–H groups in total. The number of H-pyrrole nitrogens is 1. The number of anilines is 2. The molecule has 10 heteroatoms. The van der Waals surface area contributed by atoms with Gasteiger partial charge in [0.25, 0.3) is 5.56 Å². The SMILES string of the molecule is O=c1cc(O)nc(Nc2ccc(SC(F)(F)F)c(Cl)c2)[nH]1. The average Bonchev–Trinajstić information content (AvgIpc) is 2.30.